The van der Waals surface area contributed by atoms with E-state index < -0.39 is 0 Å². The molecule has 8 aromatic rings. The Morgan fingerprint density at radius 1 is 0.167 bits per heavy atom. The molecule has 0 bridgehead atoms. The first kappa shape index (κ1) is 18.6. The quantitative estimate of drug-likeness (QED) is 0.215. The van der Waals surface area contributed by atoms with Gasteiger partial charge in [0.05, 0.1) is 0 Å². The molecule has 0 radical (unpaired) electrons. The van der Waals surface area contributed by atoms with E-state index in [1.165, 1.54) is 86.2 Å². The maximum atomic E-state index is 2.47. The molecule has 0 spiro atoms. The average Bonchev–Trinajstić information content (AvgIpc) is 2.94. The van der Waals surface area contributed by atoms with Crippen LogP contribution in [0.25, 0.3) is 86.2 Å². The van der Waals surface area contributed by atoms with Gasteiger partial charge in [0.25, 0.3) is 0 Å². The minimum atomic E-state index is 1.31. The third-order valence-corrected chi connectivity index (χ3v) is 8.35. The minimum Gasteiger partial charge on any atom is -0.0616 e. The van der Waals surface area contributed by atoms with Crippen LogP contribution in [0.15, 0.2) is 121 Å². The van der Waals surface area contributed by atoms with Crippen LogP contribution in [-0.4, -0.2) is 0 Å². The van der Waals surface area contributed by atoms with Gasteiger partial charge in [-0.25, -0.2) is 0 Å². The minimum absolute atomic E-state index is 1.31. The van der Waals surface area contributed by atoms with Crippen LogP contribution in [0, 0.1) is 0 Å². The maximum Gasteiger partial charge on any atom is -0.00923 e. The van der Waals surface area contributed by atoms with Gasteiger partial charge in [-0.05, 0) is 110 Å². The Hall–Kier alpha value is -4.68. The first-order valence-electron chi connectivity index (χ1n) is 12.6. The van der Waals surface area contributed by atoms with Gasteiger partial charge in [0.2, 0.25) is 0 Å². The second-order valence-electron chi connectivity index (χ2n) is 10.1. The molecule has 0 heterocycles. The normalized spacial score (nSPS) is 12.4. The molecule has 0 saturated heterocycles. The highest BCUT2D eigenvalue weighted by Gasteiger charge is 2.16. The lowest BCUT2D eigenvalue weighted by atomic mass is 9.86. The molecule has 0 nitrogen and oxygen atoms in total. The largest absolute Gasteiger partial charge is 0.0616 e. The maximum absolute atomic E-state index is 2.47. The third-order valence-electron chi connectivity index (χ3n) is 8.35. The van der Waals surface area contributed by atoms with Crippen molar-refractivity contribution in [2.24, 2.45) is 0 Å². The van der Waals surface area contributed by atoms with E-state index in [1.54, 1.807) is 0 Å². The molecule has 164 valence electrons. The van der Waals surface area contributed by atoms with Gasteiger partial charge >= 0.3 is 0 Å². The zero-order valence-electron chi connectivity index (χ0n) is 19.5. The lowest BCUT2D eigenvalue weighted by Gasteiger charge is -2.17. The molecule has 0 aromatic heterocycles. The second kappa shape index (κ2) is 6.50. The van der Waals surface area contributed by atoms with Crippen molar-refractivity contribution in [3.63, 3.8) is 0 Å². The van der Waals surface area contributed by atoms with E-state index in [1.807, 2.05) is 0 Å². The number of benzene rings is 6. The van der Waals surface area contributed by atoms with E-state index >= 15 is 0 Å². The number of hydrogen-bond donors (Lipinski definition) is 0. The van der Waals surface area contributed by atoms with Crippen molar-refractivity contribution in [3.05, 3.63) is 121 Å². The molecule has 0 unspecified atom stereocenters. The first-order chi connectivity index (χ1) is 17.9. The van der Waals surface area contributed by atoms with Gasteiger partial charge in [-0.2, -0.15) is 0 Å². The van der Waals surface area contributed by atoms with Gasteiger partial charge in [0.1, 0.15) is 0 Å². The Kier molecular flexibility index (Phi) is 3.36. The summed E-state index contributed by atoms with van der Waals surface area (Å²) in [6, 6.07) is 45.7. The van der Waals surface area contributed by atoms with Crippen LogP contribution in [0.1, 0.15) is 0 Å². The van der Waals surface area contributed by atoms with Gasteiger partial charge in [-0.3, -0.25) is 0 Å². The molecule has 0 atom stereocenters. The van der Waals surface area contributed by atoms with E-state index in [4.69, 9.17) is 0 Å². The molecule has 8 rings (SSSR count). The van der Waals surface area contributed by atoms with Crippen LogP contribution < -0.4 is 0 Å². The Bertz CT molecular complexity index is 1860. The van der Waals surface area contributed by atoms with Gasteiger partial charge in [0.15, 0.2) is 0 Å². The van der Waals surface area contributed by atoms with Crippen molar-refractivity contribution in [2.75, 3.05) is 0 Å². The lowest BCUT2D eigenvalue weighted by molar-refractivity contribution is 1.79. The SMILES string of the molecule is c1ccc2c(c1)c1cc3c4ccccc4c4cc2c2cc4c4ccccc4c3cc1c1ccccc12. The summed E-state index contributed by atoms with van der Waals surface area (Å²) in [6.07, 6.45) is 0. The molecule has 0 amide bonds. The van der Waals surface area contributed by atoms with Crippen molar-refractivity contribution >= 4 is 86.2 Å². The predicted octanol–water partition coefficient (Wildman–Crippen LogP) is 10.3. The van der Waals surface area contributed by atoms with Crippen molar-refractivity contribution in [3.8, 4) is 0 Å². The standard InChI is InChI=1S/C36H20/c1-2-10-22-21(9-1)29-17-32-25-13-5-6-14-26(25)34-18-30(22)33-20-36(34)28-16-8-7-15-27(28)35(32)19-31(29)23-11-3-4-12-24(23)33/h1-20H. The summed E-state index contributed by atoms with van der Waals surface area (Å²) in [5.74, 6) is 0. The number of hydrogen-bond acceptors (Lipinski definition) is 0. The van der Waals surface area contributed by atoms with E-state index in [0.717, 1.165) is 0 Å². The molecular formula is C36H20. The van der Waals surface area contributed by atoms with Crippen LogP contribution in [0.5, 0.6) is 0 Å². The number of fused-ring (bicyclic) bond motifs is 16. The van der Waals surface area contributed by atoms with Crippen LogP contribution in [0.4, 0.5) is 0 Å². The van der Waals surface area contributed by atoms with Gasteiger partial charge < -0.3 is 0 Å². The highest BCUT2D eigenvalue weighted by Crippen LogP contribution is 2.44. The highest BCUT2D eigenvalue weighted by atomic mass is 14.2. The smallest absolute Gasteiger partial charge is 0.00923 e. The zero-order valence-corrected chi connectivity index (χ0v) is 19.5. The van der Waals surface area contributed by atoms with E-state index in [-0.39, 0.29) is 0 Å². The predicted molar refractivity (Wildman–Crippen MR) is 158 cm³/mol. The molecule has 0 fully saturated rings. The second-order valence-corrected chi connectivity index (χ2v) is 10.1. The Labute approximate surface area is 207 Å². The average molecular weight is 453 g/mol. The summed E-state index contributed by atoms with van der Waals surface area (Å²) in [5, 5.41) is 20.9. The van der Waals surface area contributed by atoms with Crippen LogP contribution in [0.2, 0.25) is 0 Å². The van der Waals surface area contributed by atoms with Crippen molar-refractivity contribution in [1.82, 2.24) is 0 Å². The van der Waals surface area contributed by atoms with E-state index in [2.05, 4.69) is 121 Å². The number of rotatable bonds is 0. The van der Waals surface area contributed by atoms with Crippen LogP contribution in [-0.2, 0) is 0 Å². The lowest BCUT2D eigenvalue weighted by Crippen LogP contribution is -1.89. The summed E-state index contributed by atoms with van der Waals surface area (Å²) in [4.78, 5) is 0. The Morgan fingerprint density at radius 3 is 0.444 bits per heavy atom. The van der Waals surface area contributed by atoms with Crippen LogP contribution >= 0.6 is 0 Å². The van der Waals surface area contributed by atoms with Crippen molar-refractivity contribution in [2.45, 2.75) is 0 Å². The summed E-state index contributed by atoms with van der Waals surface area (Å²) >= 11 is 0. The van der Waals surface area contributed by atoms with Gasteiger partial charge in [0, 0.05) is 0 Å². The zero-order chi connectivity index (χ0) is 23.4. The first-order valence-corrected chi connectivity index (χ1v) is 12.6. The topological polar surface area (TPSA) is 0 Å². The molecular weight excluding hydrogens is 432 g/mol. The fourth-order valence-electron chi connectivity index (χ4n) is 6.79. The summed E-state index contributed by atoms with van der Waals surface area (Å²) < 4.78 is 0. The highest BCUT2D eigenvalue weighted by molar-refractivity contribution is 6.36. The molecule has 0 heteroatoms. The van der Waals surface area contributed by atoms with E-state index in [9.17, 15) is 0 Å². The van der Waals surface area contributed by atoms with Gasteiger partial charge in [-0.1, -0.05) is 97.1 Å². The fraction of sp³-hybridized carbons (Fsp3) is 0. The molecule has 0 aliphatic carbocycles. The third kappa shape index (κ3) is 2.20. The molecule has 8 aromatic carbocycles. The van der Waals surface area contributed by atoms with Crippen LogP contribution in [0.3, 0.4) is 0 Å². The summed E-state index contributed by atoms with van der Waals surface area (Å²) in [7, 11) is 0. The molecule has 0 N–H and O–H groups in total. The van der Waals surface area contributed by atoms with Crippen molar-refractivity contribution in [1.29, 1.82) is 0 Å². The molecule has 0 aliphatic rings. The fourth-order valence-corrected chi connectivity index (χ4v) is 6.79. The Balaban J connectivity index is 1.91. The summed E-state index contributed by atoms with van der Waals surface area (Å²) in [6.45, 7) is 0. The molecule has 36 heavy (non-hydrogen) atoms. The Morgan fingerprint density at radius 2 is 0.306 bits per heavy atom. The van der Waals surface area contributed by atoms with Crippen molar-refractivity contribution < 1.29 is 0 Å². The molecule has 0 saturated carbocycles. The molecule has 0 aliphatic heterocycles. The van der Waals surface area contributed by atoms with Gasteiger partial charge in [-0.15, -0.1) is 0 Å². The van der Waals surface area contributed by atoms with E-state index in [0.29, 0.717) is 0 Å². The monoisotopic (exact) mass is 452 g/mol. The summed E-state index contributed by atoms with van der Waals surface area (Å²) in [5.41, 5.74) is 0.